The molecule has 0 fully saturated rings. The number of hydrogen-bond acceptors (Lipinski definition) is 1. The minimum atomic E-state index is 0.110. The van der Waals surface area contributed by atoms with E-state index in [2.05, 4.69) is 12.2 Å². The van der Waals surface area contributed by atoms with Crippen LogP contribution in [-0.2, 0) is 11.3 Å². The maximum absolute atomic E-state index is 11.6. The zero-order valence-electron chi connectivity index (χ0n) is 10.5. The average molecular weight is 222 g/mol. The topological polar surface area (TPSA) is 34.0 Å². The van der Waals surface area contributed by atoms with E-state index in [9.17, 15) is 4.79 Å². The summed E-state index contributed by atoms with van der Waals surface area (Å²) in [7, 11) is 0. The third-order valence-electron chi connectivity index (χ3n) is 2.82. The van der Waals surface area contributed by atoms with Crippen molar-refractivity contribution in [2.24, 2.45) is 0 Å². The van der Waals surface area contributed by atoms with Crippen molar-refractivity contribution >= 4 is 5.91 Å². The summed E-state index contributed by atoms with van der Waals surface area (Å²) in [6.07, 6.45) is 3.44. The minimum Gasteiger partial charge on any atom is -0.355 e. The number of aryl methyl sites for hydroxylation is 2. The van der Waals surface area contributed by atoms with Gasteiger partial charge in [0.15, 0.2) is 0 Å². The van der Waals surface area contributed by atoms with Crippen LogP contribution >= 0.6 is 0 Å². The Morgan fingerprint density at radius 3 is 2.44 bits per heavy atom. The van der Waals surface area contributed by atoms with Gasteiger partial charge in [0.2, 0.25) is 5.91 Å². The van der Waals surface area contributed by atoms with Crippen LogP contribution in [0.3, 0.4) is 0 Å². The molecule has 0 atom stereocenters. The van der Waals surface area contributed by atoms with Gasteiger partial charge in [0.25, 0.3) is 0 Å². The Morgan fingerprint density at radius 1 is 1.25 bits per heavy atom. The maximum atomic E-state index is 11.6. The smallest absolute Gasteiger partial charge is 0.239 e. The number of nitrogens with zero attached hydrogens (tertiary/aromatic N) is 1. The Labute approximate surface area is 97.8 Å². The van der Waals surface area contributed by atoms with Gasteiger partial charge in [0.1, 0.15) is 6.54 Å². The van der Waals surface area contributed by atoms with Gasteiger partial charge in [-0.2, -0.15) is 0 Å². The van der Waals surface area contributed by atoms with Crippen molar-refractivity contribution in [2.75, 3.05) is 6.54 Å². The molecule has 0 aliphatic rings. The van der Waals surface area contributed by atoms with E-state index in [4.69, 9.17) is 0 Å². The molecule has 3 heteroatoms. The van der Waals surface area contributed by atoms with Crippen molar-refractivity contribution in [3.05, 3.63) is 23.5 Å². The maximum Gasteiger partial charge on any atom is 0.239 e. The van der Waals surface area contributed by atoms with Gasteiger partial charge < -0.3 is 9.88 Å². The highest BCUT2D eigenvalue weighted by Gasteiger charge is 2.05. The molecule has 1 aromatic rings. The molecule has 0 unspecified atom stereocenters. The van der Waals surface area contributed by atoms with Gasteiger partial charge in [0.05, 0.1) is 0 Å². The lowest BCUT2D eigenvalue weighted by Gasteiger charge is -2.09. The second kappa shape index (κ2) is 6.36. The molecule has 1 amide bonds. The molecule has 0 radical (unpaired) electrons. The summed E-state index contributed by atoms with van der Waals surface area (Å²) in [6, 6.07) is 4.08. The monoisotopic (exact) mass is 222 g/mol. The van der Waals surface area contributed by atoms with Crippen LogP contribution in [0, 0.1) is 13.8 Å². The molecule has 0 aliphatic heterocycles. The SMILES string of the molecule is CCCCCNC(=O)Cn1c(C)ccc1C. The van der Waals surface area contributed by atoms with Gasteiger partial charge in [-0.1, -0.05) is 19.8 Å². The van der Waals surface area contributed by atoms with Gasteiger partial charge in [-0.3, -0.25) is 4.79 Å². The van der Waals surface area contributed by atoms with Gasteiger partial charge in [0, 0.05) is 17.9 Å². The van der Waals surface area contributed by atoms with Gasteiger partial charge in [-0.15, -0.1) is 0 Å². The lowest BCUT2D eigenvalue weighted by Crippen LogP contribution is -2.29. The molecule has 1 aromatic heterocycles. The number of unbranched alkanes of at least 4 members (excludes halogenated alkanes) is 2. The highest BCUT2D eigenvalue weighted by atomic mass is 16.1. The molecule has 0 aliphatic carbocycles. The van der Waals surface area contributed by atoms with E-state index in [1.54, 1.807) is 0 Å². The van der Waals surface area contributed by atoms with Crippen molar-refractivity contribution in [1.29, 1.82) is 0 Å². The van der Waals surface area contributed by atoms with Crippen LogP contribution in [0.15, 0.2) is 12.1 Å². The summed E-state index contributed by atoms with van der Waals surface area (Å²) in [5, 5.41) is 2.95. The highest BCUT2D eigenvalue weighted by molar-refractivity contribution is 5.75. The minimum absolute atomic E-state index is 0.110. The lowest BCUT2D eigenvalue weighted by molar-refractivity contribution is -0.121. The van der Waals surface area contributed by atoms with Crippen molar-refractivity contribution in [3.8, 4) is 0 Å². The molecule has 0 aromatic carbocycles. The van der Waals surface area contributed by atoms with Crippen LogP contribution in [0.1, 0.15) is 37.6 Å². The van der Waals surface area contributed by atoms with Crippen LogP contribution in [0.25, 0.3) is 0 Å². The van der Waals surface area contributed by atoms with Crippen molar-refractivity contribution < 1.29 is 4.79 Å². The number of hydrogen-bond donors (Lipinski definition) is 1. The lowest BCUT2D eigenvalue weighted by atomic mass is 10.2. The third-order valence-corrected chi connectivity index (χ3v) is 2.82. The summed E-state index contributed by atoms with van der Waals surface area (Å²) in [6.45, 7) is 7.45. The first kappa shape index (κ1) is 12.8. The molecule has 16 heavy (non-hydrogen) atoms. The zero-order valence-corrected chi connectivity index (χ0v) is 10.5. The summed E-state index contributed by atoms with van der Waals surface area (Å²) < 4.78 is 2.04. The Kier molecular flexibility index (Phi) is 5.09. The summed E-state index contributed by atoms with van der Waals surface area (Å²) in [5.74, 6) is 0.110. The second-order valence-electron chi connectivity index (χ2n) is 4.26. The average Bonchev–Trinajstić information content (AvgIpc) is 2.56. The van der Waals surface area contributed by atoms with E-state index >= 15 is 0 Å². The Hall–Kier alpha value is -1.25. The molecule has 1 heterocycles. The summed E-state index contributed by atoms with van der Waals surface area (Å²) in [5.41, 5.74) is 2.28. The first-order chi connectivity index (χ1) is 7.65. The van der Waals surface area contributed by atoms with Crippen molar-refractivity contribution in [3.63, 3.8) is 0 Å². The molecule has 1 rings (SSSR count). The van der Waals surface area contributed by atoms with Crippen molar-refractivity contribution in [1.82, 2.24) is 9.88 Å². The van der Waals surface area contributed by atoms with Gasteiger partial charge in [-0.25, -0.2) is 0 Å². The Balaban J connectivity index is 2.34. The highest BCUT2D eigenvalue weighted by Crippen LogP contribution is 2.06. The number of carbonyl (C=O) groups is 1. The Morgan fingerprint density at radius 2 is 1.88 bits per heavy atom. The van der Waals surface area contributed by atoms with Crippen LogP contribution in [0.2, 0.25) is 0 Å². The first-order valence-electron chi connectivity index (χ1n) is 6.04. The molecule has 3 nitrogen and oxygen atoms in total. The number of carbonyl (C=O) groups excluding carboxylic acids is 1. The van der Waals surface area contributed by atoms with E-state index < -0.39 is 0 Å². The van der Waals surface area contributed by atoms with E-state index in [1.807, 2.05) is 30.5 Å². The number of amides is 1. The van der Waals surface area contributed by atoms with Gasteiger partial charge in [-0.05, 0) is 32.4 Å². The number of aromatic nitrogens is 1. The molecule has 0 saturated carbocycles. The fourth-order valence-corrected chi connectivity index (χ4v) is 1.75. The normalized spacial score (nSPS) is 10.4. The largest absolute Gasteiger partial charge is 0.355 e. The first-order valence-corrected chi connectivity index (χ1v) is 6.04. The quantitative estimate of drug-likeness (QED) is 0.737. The van der Waals surface area contributed by atoms with E-state index in [0.717, 1.165) is 24.4 Å². The standard InChI is InChI=1S/C13H22N2O/c1-4-5-6-9-14-13(16)10-15-11(2)7-8-12(15)3/h7-8H,4-6,9-10H2,1-3H3,(H,14,16). The van der Waals surface area contributed by atoms with E-state index in [1.165, 1.54) is 12.8 Å². The van der Waals surface area contributed by atoms with E-state index in [-0.39, 0.29) is 5.91 Å². The molecule has 0 saturated heterocycles. The third kappa shape index (κ3) is 3.72. The molecule has 1 N–H and O–H groups in total. The molecular weight excluding hydrogens is 200 g/mol. The number of nitrogens with one attached hydrogen (secondary N) is 1. The molecule has 0 spiro atoms. The summed E-state index contributed by atoms with van der Waals surface area (Å²) >= 11 is 0. The van der Waals surface area contributed by atoms with Crippen LogP contribution < -0.4 is 5.32 Å². The van der Waals surface area contributed by atoms with Gasteiger partial charge >= 0.3 is 0 Å². The predicted molar refractivity (Wildman–Crippen MR) is 66.4 cm³/mol. The van der Waals surface area contributed by atoms with Crippen LogP contribution in [0.5, 0.6) is 0 Å². The van der Waals surface area contributed by atoms with Crippen LogP contribution in [0.4, 0.5) is 0 Å². The fraction of sp³-hybridized carbons (Fsp3) is 0.615. The molecule has 90 valence electrons. The molecule has 0 bridgehead atoms. The van der Waals surface area contributed by atoms with Crippen LogP contribution in [-0.4, -0.2) is 17.0 Å². The number of rotatable bonds is 6. The van der Waals surface area contributed by atoms with Crippen molar-refractivity contribution in [2.45, 2.75) is 46.6 Å². The molecular formula is C13H22N2O. The Bertz CT molecular complexity index is 322. The second-order valence-corrected chi connectivity index (χ2v) is 4.26. The fourth-order valence-electron chi connectivity index (χ4n) is 1.75. The predicted octanol–water partition coefficient (Wildman–Crippen LogP) is 2.41. The summed E-state index contributed by atoms with van der Waals surface area (Å²) in [4.78, 5) is 11.6. The zero-order chi connectivity index (χ0) is 12.0. The van der Waals surface area contributed by atoms with E-state index in [0.29, 0.717) is 6.54 Å².